The Balaban J connectivity index is 2.35. The summed E-state index contributed by atoms with van der Waals surface area (Å²) >= 11 is 1.99. The molecule has 0 atom stereocenters. The topological polar surface area (TPSA) is 82.3 Å². The molecule has 1 aliphatic rings. The third-order valence-electron chi connectivity index (χ3n) is 1.93. The lowest BCUT2D eigenvalue weighted by atomic mass is 10.4. The number of hydrogen-bond acceptors (Lipinski definition) is 4. The van der Waals surface area contributed by atoms with Gasteiger partial charge in [-0.15, -0.1) is 0 Å². The number of nitrogens with zero attached hydrogens (tertiary/aromatic N) is 1. The van der Waals surface area contributed by atoms with Crippen LogP contribution in [0.2, 0.25) is 0 Å². The fourth-order valence-electron chi connectivity index (χ4n) is 1.01. The van der Waals surface area contributed by atoms with Crippen LogP contribution >= 0.6 is 22.6 Å². The molecule has 5 nitrogen and oxygen atoms in total. The number of sulfonamides is 1. The summed E-state index contributed by atoms with van der Waals surface area (Å²) in [5.74, 6) is 0.490. The number of aromatic nitrogens is 1. The van der Waals surface area contributed by atoms with Crippen molar-refractivity contribution < 1.29 is 13.2 Å². The highest BCUT2D eigenvalue weighted by Crippen LogP contribution is 2.30. The monoisotopic (exact) mass is 340 g/mol. The molecule has 0 unspecified atom stereocenters. The van der Waals surface area contributed by atoms with Crippen LogP contribution in [0.15, 0.2) is 17.2 Å². The molecule has 15 heavy (non-hydrogen) atoms. The summed E-state index contributed by atoms with van der Waals surface area (Å²) < 4.78 is 28.3. The maximum absolute atomic E-state index is 11.1. The van der Waals surface area contributed by atoms with Gasteiger partial charge in [-0.05, 0) is 35.4 Å². The van der Waals surface area contributed by atoms with Crippen LogP contribution in [0.5, 0.6) is 5.75 Å². The van der Waals surface area contributed by atoms with E-state index in [0.717, 1.165) is 12.8 Å². The Hall–Kier alpha value is -0.410. The van der Waals surface area contributed by atoms with E-state index in [2.05, 4.69) is 4.98 Å². The number of nitrogens with two attached hydrogens (primary N) is 1. The molecule has 1 aliphatic carbocycles. The molecule has 0 saturated heterocycles. The Labute approximate surface area is 101 Å². The van der Waals surface area contributed by atoms with Crippen molar-refractivity contribution in [3.63, 3.8) is 0 Å². The fraction of sp³-hybridized carbons (Fsp3) is 0.375. The minimum atomic E-state index is -3.70. The summed E-state index contributed by atoms with van der Waals surface area (Å²) in [6.45, 7) is 0. The van der Waals surface area contributed by atoms with E-state index < -0.39 is 10.0 Å². The average Bonchev–Trinajstić information content (AvgIpc) is 2.90. The van der Waals surface area contributed by atoms with E-state index in [1.165, 1.54) is 12.3 Å². The van der Waals surface area contributed by atoms with E-state index in [0.29, 0.717) is 9.45 Å². The minimum absolute atomic E-state index is 0.0152. The number of halogens is 1. The molecule has 1 aromatic rings. The highest BCUT2D eigenvalue weighted by atomic mass is 127. The molecule has 82 valence electrons. The summed E-state index contributed by atoms with van der Waals surface area (Å²) in [7, 11) is -3.70. The van der Waals surface area contributed by atoms with E-state index in [9.17, 15) is 8.42 Å². The quantitative estimate of drug-likeness (QED) is 0.654. The molecular weight excluding hydrogens is 331 g/mol. The molecule has 2 N–H and O–H groups in total. The summed E-state index contributed by atoms with van der Waals surface area (Å²) in [5.41, 5.74) is 0. The Bertz CT molecular complexity index is 485. The van der Waals surface area contributed by atoms with Crippen LogP contribution in [0.25, 0.3) is 0 Å². The maximum Gasteiger partial charge on any atom is 0.239 e. The van der Waals surface area contributed by atoms with Crippen LogP contribution in [0, 0.1) is 3.70 Å². The average molecular weight is 340 g/mol. The first-order valence-electron chi connectivity index (χ1n) is 4.32. The van der Waals surface area contributed by atoms with Gasteiger partial charge < -0.3 is 4.74 Å². The molecule has 1 heterocycles. The maximum atomic E-state index is 11.1. The molecule has 2 rings (SSSR count). The van der Waals surface area contributed by atoms with Gasteiger partial charge in [0.2, 0.25) is 10.0 Å². The van der Waals surface area contributed by atoms with Gasteiger partial charge in [-0.25, -0.2) is 18.5 Å². The van der Waals surface area contributed by atoms with Gasteiger partial charge in [-0.1, -0.05) is 0 Å². The second kappa shape index (κ2) is 3.87. The van der Waals surface area contributed by atoms with Crippen molar-refractivity contribution in [1.82, 2.24) is 4.98 Å². The SMILES string of the molecule is NS(=O)(=O)c1cnc(I)c(OC2CC2)c1. The van der Waals surface area contributed by atoms with Gasteiger partial charge in [0, 0.05) is 12.3 Å². The van der Waals surface area contributed by atoms with Crippen LogP contribution in [0.3, 0.4) is 0 Å². The van der Waals surface area contributed by atoms with E-state index in [4.69, 9.17) is 9.88 Å². The van der Waals surface area contributed by atoms with Crippen LogP contribution in [0.4, 0.5) is 0 Å². The number of pyridine rings is 1. The van der Waals surface area contributed by atoms with E-state index >= 15 is 0 Å². The van der Waals surface area contributed by atoms with Crippen molar-refractivity contribution in [2.45, 2.75) is 23.8 Å². The zero-order chi connectivity index (χ0) is 11.1. The highest BCUT2D eigenvalue weighted by molar-refractivity contribution is 14.1. The molecular formula is C8H9IN2O3S. The van der Waals surface area contributed by atoms with Crippen LogP contribution in [-0.4, -0.2) is 19.5 Å². The predicted octanol–water partition coefficient (Wildman–Crippen LogP) is 0.875. The van der Waals surface area contributed by atoms with Crippen molar-refractivity contribution in [2.24, 2.45) is 5.14 Å². The molecule has 1 fully saturated rings. The molecule has 0 spiro atoms. The van der Waals surface area contributed by atoms with Crippen molar-refractivity contribution >= 4 is 32.6 Å². The first kappa shape index (κ1) is 11.1. The van der Waals surface area contributed by atoms with E-state index in [-0.39, 0.29) is 11.0 Å². The lowest BCUT2D eigenvalue weighted by Gasteiger charge is -2.07. The predicted molar refractivity (Wildman–Crippen MR) is 62.0 cm³/mol. The van der Waals surface area contributed by atoms with Gasteiger partial charge in [-0.2, -0.15) is 0 Å². The number of rotatable bonds is 3. The molecule has 0 aliphatic heterocycles. The Kier molecular flexibility index (Phi) is 2.86. The largest absolute Gasteiger partial charge is 0.488 e. The highest BCUT2D eigenvalue weighted by Gasteiger charge is 2.25. The van der Waals surface area contributed by atoms with Gasteiger partial charge in [0.05, 0.1) is 6.10 Å². The van der Waals surface area contributed by atoms with Gasteiger partial charge in [-0.3, -0.25) is 0 Å². The lowest BCUT2D eigenvalue weighted by Crippen LogP contribution is -2.13. The summed E-state index contributed by atoms with van der Waals surface area (Å²) in [6, 6.07) is 1.42. The van der Waals surface area contributed by atoms with E-state index in [1.807, 2.05) is 22.6 Å². The normalized spacial score (nSPS) is 16.4. The second-order valence-corrected chi connectivity index (χ2v) is 5.91. The summed E-state index contributed by atoms with van der Waals surface area (Å²) in [6.07, 6.45) is 3.46. The number of ether oxygens (including phenoxy) is 1. The van der Waals surface area contributed by atoms with Crippen molar-refractivity contribution in [2.75, 3.05) is 0 Å². The van der Waals surface area contributed by atoms with Crippen LogP contribution in [-0.2, 0) is 10.0 Å². The van der Waals surface area contributed by atoms with Gasteiger partial charge in [0.1, 0.15) is 8.60 Å². The molecule has 0 bridgehead atoms. The third kappa shape index (κ3) is 2.79. The molecule has 1 saturated carbocycles. The van der Waals surface area contributed by atoms with Crippen LogP contribution < -0.4 is 9.88 Å². The lowest BCUT2D eigenvalue weighted by molar-refractivity contribution is 0.298. The van der Waals surface area contributed by atoms with Gasteiger partial charge in [0.25, 0.3) is 0 Å². The molecule has 1 aromatic heterocycles. The second-order valence-electron chi connectivity index (χ2n) is 3.32. The first-order chi connectivity index (χ1) is 6.97. The van der Waals surface area contributed by atoms with Gasteiger partial charge in [0.15, 0.2) is 5.75 Å². The third-order valence-corrected chi connectivity index (χ3v) is 3.62. The van der Waals surface area contributed by atoms with E-state index in [1.54, 1.807) is 0 Å². The Morgan fingerprint density at radius 3 is 2.73 bits per heavy atom. The molecule has 0 aromatic carbocycles. The summed E-state index contributed by atoms with van der Waals surface area (Å²) in [4.78, 5) is 3.91. The van der Waals surface area contributed by atoms with Crippen molar-refractivity contribution in [3.05, 3.63) is 16.0 Å². The zero-order valence-corrected chi connectivity index (χ0v) is 10.7. The Morgan fingerprint density at radius 2 is 2.20 bits per heavy atom. The molecule has 0 amide bonds. The first-order valence-corrected chi connectivity index (χ1v) is 6.94. The van der Waals surface area contributed by atoms with Crippen molar-refractivity contribution in [3.8, 4) is 5.75 Å². The minimum Gasteiger partial charge on any atom is -0.488 e. The summed E-state index contributed by atoms with van der Waals surface area (Å²) in [5, 5.41) is 5.00. The standard InChI is InChI=1S/C8H9IN2O3S/c9-8-7(14-5-1-2-5)3-6(4-11-8)15(10,12)13/h3-5H,1-2H2,(H2,10,12,13). The Morgan fingerprint density at radius 1 is 1.53 bits per heavy atom. The van der Waals surface area contributed by atoms with Crippen LogP contribution in [0.1, 0.15) is 12.8 Å². The number of primary sulfonamides is 1. The van der Waals surface area contributed by atoms with Gasteiger partial charge >= 0.3 is 0 Å². The smallest absolute Gasteiger partial charge is 0.239 e. The number of hydrogen-bond donors (Lipinski definition) is 1. The molecule has 0 radical (unpaired) electrons. The fourth-order valence-corrected chi connectivity index (χ4v) is 1.91. The van der Waals surface area contributed by atoms with Crippen molar-refractivity contribution in [1.29, 1.82) is 0 Å². The zero-order valence-electron chi connectivity index (χ0n) is 7.68. The molecule has 7 heteroatoms.